The Kier molecular flexibility index (Phi) is 3.73. The maximum atomic E-state index is 12.2. The van der Waals surface area contributed by atoms with E-state index >= 15 is 0 Å². The lowest BCUT2D eigenvalue weighted by Gasteiger charge is -2.41. The van der Waals surface area contributed by atoms with E-state index in [1.54, 1.807) is 0 Å². The van der Waals surface area contributed by atoms with Gasteiger partial charge in [0.15, 0.2) is 0 Å². The smallest absolute Gasteiger partial charge is 0.237 e. The molecule has 4 nitrogen and oxygen atoms in total. The van der Waals surface area contributed by atoms with Gasteiger partial charge in [-0.15, -0.1) is 0 Å². The van der Waals surface area contributed by atoms with Gasteiger partial charge in [-0.2, -0.15) is 0 Å². The van der Waals surface area contributed by atoms with E-state index in [1.807, 2.05) is 7.05 Å². The van der Waals surface area contributed by atoms with Crippen LogP contribution in [0.2, 0.25) is 0 Å². The molecule has 0 aromatic rings. The van der Waals surface area contributed by atoms with Crippen LogP contribution in [0, 0.1) is 0 Å². The third-order valence-electron chi connectivity index (χ3n) is 3.98. The minimum absolute atomic E-state index is 0.0486. The van der Waals surface area contributed by atoms with Crippen LogP contribution in [0.5, 0.6) is 0 Å². The van der Waals surface area contributed by atoms with Gasteiger partial charge in [-0.1, -0.05) is 0 Å². The van der Waals surface area contributed by atoms with E-state index < -0.39 is 0 Å². The van der Waals surface area contributed by atoms with E-state index in [1.165, 1.54) is 12.8 Å². The number of amides is 1. The zero-order valence-corrected chi connectivity index (χ0v) is 11.3. The summed E-state index contributed by atoms with van der Waals surface area (Å²) in [6.45, 7) is 6.26. The summed E-state index contributed by atoms with van der Waals surface area (Å²) in [6.07, 6.45) is 4.47. The lowest BCUT2D eigenvalue weighted by molar-refractivity contribution is -0.127. The predicted octanol–water partition coefficient (Wildman–Crippen LogP) is 0.727. The third-order valence-corrected chi connectivity index (χ3v) is 3.98. The van der Waals surface area contributed by atoms with E-state index in [4.69, 9.17) is 0 Å². The molecule has 1 saturated heterocycles. The summed E-state index contributed by atoms with van der Waals surface area (Å²) in [5.74, 6) is 0.220. The maximum absolute atomic E-state index is 12.2. The van der Waals surface area contributed by atoms with Crippen LogP contribution in [0.3, 0.4) is 0 Å². The number of rotatable bonds is 4. The zero-order valence-electron chi connectivity index (χ0n) is 11.3. The fourth-order valence-electron chi connectivity index (χ4n) is 2.94. The second-order valence-corrected chi connectivity index (χ2v) is 5.90. The van der Waals surface area contributed by atoms with Crippen molar-refractivity contribution in [2.75, 3.05) is 20.1 Å². The Labute approximate surface area is 104 Å². The van der Waals surface area contributed by atoms with Crippen LogP contribution >= 0.6 is 0 Å². The van der Waals surface area contributed by atoms with Crippen LogP contribution in [0.25, 0.3) is 0 Å². The van der Waals surface area contributed by atoms with E-state index in [0.717, 1.165) is 25.9 Å². The molecule has 1 aliphatic carbocycles. The molecule has 1 unspecified atom stereocenters. The highest BCUT2D eigenvalue weighted by Gasteiger charge is 2.45. The molecule has 0 aromatic carbocycles. The number of hydrogen-bond donors (Lipinski definition) is 2. The minimum Gasteiger partial charge on any atom is -0.355 e. The number of carbonyl (C=O) groups excluding carboxylic acids is 1. The number of carbonyl (C=O) groups is 1. The summed E-state index contributed by atoms with van der Waals surface area (Å²) in [4.78, 5) is 14.6. The fourth-order valence-corrected chi connectivity index (χ4v) is 2.94. The molecule has 2 fully saturated rings. The van der Waals surface area contributed by atoms with Crippen LogP contribution < -0.4 is 10.6 Å². The summed E-state index contributed by atoms with van der Waals surface area (Å²) in [5, 5.41) is 6.22. The predicted molar refractivity (Wildman–Crippen MR) is 68.9 cm³/mol. The summed E-state index contributed by atoms with van der Waals surface area (Å²) in [5.41, 5.74) is 0.138. The highest BCUT2D eigenvalue weighted by Crippen LogP contribution is 2.37. The molecule has 0 aromatic heterocycles. The van der Waals surface area contributed by atoms with Gasteiger partial charge in [0.05, 0.1) is 6.04 Å². The van der Waals surface area contributed by atoms with Crippen molar-refractivity contribution in [1.82, 2.24) is 15.5 Å². The van der Waals surface area contributed by atoms with Crippen molar-refractivity contribution in [1.29, 1.82) is 0 Å². The Morgan fingerprint density at radius 2 is 2.18 bits per heavy atom. The van der Waals surface area contributed by atoms with E-state index in [9.17, 15) is 4.79 Å². The Balaban J connectivity index is 2.17. The van der Waals surface area contributed by atoms with Crippen molar-refractivity contribution in [3.63, 3.8) is 0 Å². The standard InChI is InChI=1S/C13H25N3O/c1-13(2)7-9-15-12(17)11(6-8-14-3)16(13)10-4-5-10/h10-11,14H,4-9H2,1-3H3,(H,15,17). The van der Waals surface area contributed by atoms with Crippen LogP contribution in [0.15, 0.2) is 0 Å². The molecule has 0 spiro atoms. The summed E-state index contributed by atoms with van der Waals surface area (Å²) in [7, 11) is 1.95. The van der Waals surface area contributed by atoms with Crippen LogP contribution in [-0.2, 0) is 4.79 Å². The Bertz CT molecular complexity index is 286. The monoisotopic (exact) mass is 239 g/mol. The van der Waals surface area contributed by atoms with Gasteiger partial charge in [0.1, 0.15) is 0 Å². The van der Waals surface area contributed by atoms with Gasteiger partial charge in [0, 0.05) is 18.1 Å². The van der Waals surface area contributed by atoms with Gasteiger partial charge < -0.3 is 10.6 Å². The van der Waals surface area contributed by atoms with Crippen molar-refractivity contribution in [2.24, 2.45) is 0 Å². The first-order chi connectivity index (χ1) is 8.06. The van der Waals surface area contributed by atoms with Crippen LogP contribution in [-0.4, -0.2) is 48.6 Å². The molecule has 2 aliphatic rings. The summed E-state index contributed by atoms with van der Waals surface area (Å²) < 4.78 is 0. The van der Waals surface area contributed by atoms with Gasteiger partial charge in [0.2, 0.25) is 5.91 Å². The van der Waals surface area contributed by atoms with Gasteiger partial charge in [-0.05, 0) is 53.1 Å². The third kappa shape index (κ3) is 2.80. The van der Waals surface area contributed by atoms with Gasteiger partial charge in [-0.3, -0.25) is 9.69 Å². The van der Waals surface area contributed by atoms with E-state index in [2.05, 4.69) is 29.4 Å². The topological polar surface area (TPSA) is 44.4 Å². The molecular formula is C13H25N3O. The molecule has 2 N–H and O–H groups in total. The molecule has 0 radical (unpaired) electrons. The quantitative estimate of drug-likeness (QED) is 0.760. The second kappa shape index (κ2) is 4.94. The minimum atomic E-state index is 0.0486. The van der Waals surface area contributed by atoms with Crippen molar-refractivity contribution in [2.45, 2.75) is 57.2 Å². The first-order valence-electron chi connectivity index (χ1n) is 6.77. The van der Waals surface area contributed by atoms with Crippen molar-refractivity contribution in [3.05, 3.63) is 0 Å². The SMILES string of the molecule is CNCCC1C(=O)NCCC(C)(C)N1C1CC1. The van der Waals surface area contributed by atoms with E-state index in [0.29, 0.717) is 6.04 Å². The molecule has 1 saturated carbocycles. The Hall–Kier alpha value is -0.610. The number of nitrogens with zero attached hydrogens (tertiary/aromatic N) is 1. The molecule has 1 atom stereocenters. The first kappa shape index (κ1) is 12.8. The molecule has 0 bridgehead atoms. The number of nitrogens with one attached hydrogen (secondary N) is 2. The van der Waals surface area contributed by atoms with Gasteiger partial charge in [0.25, 0.3) is 0 Å². The molecule has 98 valence electrons. The Morgan fingerprint density at radius 1 is 1.47 bits per heavy atom. The molecule has 2 rings (SSSR count). The average Bonchev–Trinajstić information content (AvgIpc) is 3.06. The summed E-state index contributed by atoms with van der Waals surface area (Å²) in [6, 6.07) is 0.683. The highest BCUT2D eigenvalue weighted by atomic mass is 16.2. The maximum Gasteiger partial charge on any atom is 0.237 e. The molecule has 1 heterocycles. The van der Waals surface area contributed by atoms with Crippen LogP contribution in [0.4, 0.5) is 0 Å². The second-order valence-electron chi connectivity index (χ2n) is 5.90. The lowest BCUT2D eigenvalue weighted by atomic mass is 9.95. The molecule has 1 amide bonds. The average molecular weight is 239 g/mol. The lowest BCUT2D eigenvalue weighted by Crippen LogP contribution is -2.54. The van der Waals surface area contributed by atoms with Gasteiger partial charge in [-0.25, -0.2) is 0 Å². The van der Waals surface area contributed by atoms with Crippen molar-refractivity contribution >= 4 is 5.91 Å². The molecule has 17 heavy (non-hydrogen) atoms. The van der Waals surface area contributed by atoms with Crippen molar-refractivity contribution in [3.8, 4) is 0 Å². The van der Waals surface area contributed by atoms with Gasteiger partial charge >= 0.3 is 0 Å². The normalized spacial score (nSPS) is 29.8. The first-order valence-corrected chi connectivity index (χ1v) is 6.77. The number of hydrogen-bond acceptors (Lipinski definition) is 3. The zero-order chi connectivity index (χ0) is 12.5. The van der Waals surface area contributed by atoms with Crippen LogP contribution in [0.1, 0.15) is 39.5 Å². The molecule has 4 heteroatoms. The van der Waals surface area contributed by atoms with Crippen molar-refractivity contribution < 1.29 is 4.79 Å². The Morgan fingerprint density at radius 3 is 2.76 bits per heavy atom. The molecular weight excluding hydrogens is 214 g/mol. The van der Waals surface area contributed by atoms with E-state index in [-0.39, 0.29) is 17.5 Å². The summed E-state index contributed by atoms with van der Waals surface area (Å²) >= 11 is 0. The fraction of sp³-hybridized carbons (Fsp3) is 0.923. The molecule has 1 aliphatic heterocycles. The largest absolute Gasteiger partial charge is 0.355 e. The highest BCUT2D eigenvalue weighted by molar-refractivity contribution is 5.82.